The second-order valence-electron chi connectivity index (χ2n) is 7.31. The molecule has 3 rings (SSSR count). The summed E-state index contributed by atoms with van der Waals surface area (Å²) in [5.74, 6) is -1.98. The number of benzene rings is 3. The van der Waals surface area contributed by atoms with Crippen LogP contribution in [-0.4, -0.2) is 39.7 Å². The van der Waals surface area contributed by atoms with Crippen LogP contribution in [0, 0.1) is 17.5 Å². The Balaban J connectivity index is 1.98. The predicted octanol–water partition coefficient (Wildman–Crippen LogP) is 0.388. The van der Waals surface area contributed by atoms with Gasteiger partial charge in [-0.15, -0.1) is 0 Å². The Bertz CT molecular complexity index is 1070. The van der Waals surface area contributed by atoms with Gasteiger partial charge in [0.25, 0.3) is 0 Å². The van der Waals surface area contributed by atoms with Crippen LogP contribution in [0.15, 0.2) is 54.6 Å². The van der Waals surface area contributed by atoms with Crippen molar-refractivity contribution in [3.63, 3.8) is 0 Å². The molecule has 0 saturated heterocycles. The zero-order valence-corrected chi connectivity index (χ0v) is 17.7. The molecule has 1 atom stereocenters. The zero-order valence-electron chi connectivity index (χ0n) is 17.7. The first-order valence-electron chi connectivity index (χ1n) is 10.1. The fourth-order valence-electron chi connectivity index (χ4n) is 3.40. The highest BCUT2D eigenvalue weighted by molar-refractivity contribution is 6.74. The van der Waals surface area contributed by atoms with Crippen molar-refractivity contribution >= 4 is 25.2 Å². The molecule has 0 aliphatic rings. The van der Waals surface area contributed by atoms with Gasteiger partial charge in [0.05, 0.1) is 19.8 Å². The fraction of sp³-hybridized carbons (Fsp3) is 0.182. The maximum atomic E-state index is 13.7. The minimum atomic E-state index is -1.80. The summed E-state index contributed by atoms with van der Waals surface area (Å²) in [5, 5.41) is 50.0. The number of hydrogen-bond acceptors (Lipinski definition) is 7. The summed E-state index contributed by atoms with van der Waals surface area (Å²) in [7, 11) is -3.43. The molecule has 0 amide bonds. The molecule has 3 aromatic carbocycles. The molecule has 0 aromatic heterocycles. The lowest BCUT2D eigenvalue weighted by Gasteiger charge is -2.24. The Morgan fingerprint density at radius 2 is 1.18 bits per heavy atom. The fourth-order valence-corrected chi connectivity index (χ4v) is 3.40. The highest BCUT2D eigenvalue weighted by Gasteiger charge is 2.34. The normalized spacial score (nSPS) is 12.0. The number of rotatable bonds is 10. The Morgan fingerprint density at radius 1 is 0.706 bits per heavy atom. The van der Waals surface area contributed by atoms with Gasteiger partial charge < -0.3 is 34.7 Å². The molecule has 1 unspecified atom stereocenters. The summed E-state index contributed by atoms with van der Waals surface area (Å²) in [5.41, 5.74) is 0.105. The van der Waals surface area contributed by atoms with E-state index in [-0.39, 0.29) is 33.2 Å². The van der Waals surface area contributed by atoms with Gasteiger partial charge in [0.1, 0.15) is 17.5 Å². The molecule has 0 radical (unpaired) electrons. The van der Waals surface area contributed by atoms with Crippen LogP contribution >= 0.6 is 0 Å². The third-order valence-electron chi connectivity index (χ3n) is 5.12. The second kappa shape index (κ2) is 11.6. The third kappa shape index (κ3) is 6.05. The van der Waals surface area contributed by atoms with E-state index in [1.54, 1.807) is 0 Å². The van der Waals surface area contributed by atoms with Crippen molar-refractivity contribution < 1.29 is 47.8 Å². The molecule has 0 bridgehead atoms. The average molecular weight is 476 g/mol. The van der Waals surface area contributed by atoms with Crippen molar-refractivity contribution in [2.45, 2.75) is 26.1 Å². The van der Waals surface area contributed by atoms with Crippen molar-refractivity contribution in [1.82, 2.24) is 0 Å². The minimum absolute atomic E-state index is 0.00233. The van der Waals surface area contributed by atoms with Crippen molar-refractivity contribution in [3.05, 3.63) is 94.3 Å². The number of aliphatic hydroxyl groups excluding tert-OH is 4. The number of aliphatic hydroxyl groups is 4. The van der Waals surface area contributed by atoms with Gasteiger partial charge in [-0.25, -0.2) is 13.2 Å². The molecule has 0 aliphatic carbocycles. The first kappa shape index (κ1) is 25.9. The van der Waals surface area contributed by atoms with Crippen LogP contribution in [0.5, 0.6) is 0 Å². The van der Waals surface area contributed by atoms with E-state index in [9.17, 15) is 38.6 Å². The lowest BCUT2D eigenvalue weighted by Crippen LogP contribution is -2.49. The smallest absolute Gasteiger partial charge is 0.443 e. The first-order chi connectivity index (χ1) is 16.3. The number of halogens is 3. The number of hydrogen-bond donors (Lipinski definition) is 5. The minimum Gasteiger partial charge on any atom is -0.443 e. The largest absolute Gasteiger partial charge is 0.482 e. The molecule has 0 heterocycles. The quantitative estimate of drug-likeness (QED) is 0.212. The van der Waals surface area contributed by atoms with Crippen molar-refractivity contribution in [1.29, 1.82) is 0 Å². The highest BCUT2D eigenvalue weighted by Crippen LogP contribution is 2.22. The van der Waals surface area contributed by atoms with Gasteiger partial charge in [0.15, 0.2) is 6.29 Å². The summed E-state index contributed by atoms with van der Waals surface area (Å²) in [6.45, 7) is -1.87. The molecule has 7 nitrogen and oxygen atoms in total. The molecule has 12 heteroatoms. The molecular weight excluding hydrogens is 455 g/mol. The van der Waals surface area contributed by atoms with E-state index in [4.69, 9.17) is 9.23 Å². The third-order valence-corrected chi connectivity index (χ3v) is 5.12. The van der Waals surface area contributed by atoms with Crippen LogP contribution in [0.1, 0.15) is 28.5 Å². The van der Waals surface area contributed by atoms with Gasteiger partial charge in [-0.2, -0.15) is 0 Å². The van der Waals surface area contributed by atoms with Crippen molar-refractivity contribution in [2.24, 2.45) is 0 Å². The SMILES string of the molecule is OCc1cc(F)ccc1B(O)OB(OC(O)c1ccc(F)cc1CO)c1ccc(F)cc1CO. The van der Waals surface area contributed by atoms with Crippen LogP contribution in [0.3, 0.4) is 0 Å². The summed E-state index contributed by atoms with van der Waals surface area (Å²) < 4.78 is 51.8. The molecule has 0 fully saturated rings. The predicted molar refractivity (Wildman–Crippen MR) is 117 cm³/mol. The summed E-state index contributed by atoms with van der Waals surface area (Å²) >= 11 is 0. The monoisotopic (exact) mass is 476 g/mol. The standard InChI is InChI=1S/C22H21B2F3O7/c25-16-1-4-19(13(7-16)10-28)22(31)33-24(21-6-3-18(27)9-15(21)12-30)34-23(32)20-5-2-17(26)8-14(20)11-29/h1-9,22,28-32H,10-12H2. The molecule has 5 N–H and O–H groups in total. The van der Waals surface area contributed by atoms with Crippen LogP contribution in [0.2, 0.25) is 0 Å². The van der Waals surface area contributed by atoms with E-state index in [1.165, 1.54) is 18.2 Å². The van der Waals surface area contributed by atoms with E-state index in [1.807, 2.05) is 0 Å². The van der Waals surface area contributed by atoms with Crippen LogP contribution in [-0.2, 0) is 29.0 Å². The van der Waals surface area contributed by atoms with Crippen LogP contribution in [0.25, 0.3) is 0 Å². The van der Waals surface area contributed by atoms with E-state index in [2.05, 4.69) is 0 Å². The van der Waals surface area contributed by atoms with Crippen LogP contribution in [0.4, 0.5) is 13.2 Å². The maximum absolute atomic E-state index is 13.7. The zero-order chi connectivity index (χ0) is 24.8. The van der Waals surface area contributed by atoms with Gasteiger partial charge in [-0.3, -0.25) is 0 Å². The molecule has 34 heavy (non-hydrogen) atoms. The first-order valence-corrected chi connectivity index (χ1v) is 10.1. The molecule has 0 aliphatic heterocycles. The van der Waals surface area contributed by atoms with Gasteiger partial charge in [-0.1, -0.05) is 18.2 Å². The maximum Gasteiger partial charge on any atom is 0.482 e. The van der Waals surface area contributed by atoms with E-state index in [0.717, 1.165) is 36.4 Å². The Labute approximate surface area is 193 Å². The van der Waals surface area contributed by atoms with Gasteiger partial charge >= 0.3 is 14.2 Å². The van der Waals surface area contributed by atoms with Gasteiger partial charge in [0, 0.05) is 5.56 Å². The van der Waals surface area contributed by atoms with Crippen LogP contribution < -0.4 is 10.9 Å². The van der Waals surface area contributed by atoms with E-state index >= 15 is 0 Å². The lowest BCUT2D eigenvalue weighted by atomic mass is 9.68. The summed E-state index contributed by atoms with van der Waals surface area (Å²) in [6, 6.07) is 9.68. The summed E-state index contributed by atoms with van der Waals surface area (Å²) in [4.78, 5) is 0. The Morgan fingerprint density at radius 3 is 1.74 bits per heavy atom. The van der Waals surface area contributed by atoms with Gasteiger partial charge in [-0.05, 0) is 64.0 Å². The Hall–Kier alpha value is -2.70. The molecule has 0 saturated carbocycles. The molecule has 3 aromatic rings. The van der Waals surface area contributed by atoms with E-state index < -0.39 is 57.8 Å². The molecule has 178 valence electrons. The topological polar surface area (TPSA) is 120 Å². The van der Waals surface area contributed by atoms with E-state index in [0.29, 0.717) is 0 Å². The highest BCUT2D eigenvalue weighted by atomic mass is 19.1. The van der Waals surface area contributed by atoms with Gasteiger partial charge in [0.2, 0.25) is 0 Å². The molecule has 0 spiro atoms. The summed E-state index contributed by atoms with van der Waals surface area (Å²) in [6.07, 6.45) is -1.80. The Kier molecular flexibility index (Phi) is 8.86. The molecular formula is C22H21B2F3O7. The van der Waals surface area contributed by atoms with Crippen molar-refractivity contribution in [2.75, 3.05) is 0 Å². The second-order valence-corrected chi connectivity index (χ2v) is 7.31. The average Bonchev–Trinajstić information content (AvgIpc) is 2.82. The lowest BCUT2D eigenvalue weighted by molar-refractivity contribution is -0.0322. The van der Waals surface area contributed by atoms with Crippen molar-refractivity contribution in [3.8, 4) is 0 Å².